The summed E-state index contributed by atoms with van der Waals surface area (Å²) in [6.07, 6.45) is 1.52. The molecule has 0 radical (unpaired) electrons. The molecule has 1 amide bonds. The van der Waals surface area contributed by atoms with Gasteiger partial charge in [0.15, 0.2) is 0 Å². The molecule has 1 aromatic carbocycles. The Morgan fingerprint density at radius 2 is 2.21 bits per heavy atom. The zero-order valence-electron chi connectivity index (χ0n) is 10.1. The molecule has 0 spiro atoms. The summed E-state index contributed by atoms with van der Waals surface area (Å²) in [5, 5.41) is 3.30. The van der Waals surface area contributed by atoms with Crippen LogP contribution in [0.3, 0.4) is 0 Å². The van der Waals surface area contributed by atoms with Crippen LogP contribution in [0, 0.1) is 6.92 Å². The summed E-state index contributed by atoms with van der Waals surface area (Å²) in [7, 11) is 0. The molecule has 0 aliphatic heterocycles. The first-order chi connectivity index (χ1) is 8.99. The van der Waals surface area contributed by atoms with Gasteiger partial charge in [-0.05, 0) is 41.1 Å². The molecule has 6 heteroatoms. The highest BCUT2D eigenvalue weighted by Gasteiger charge is 2.13. The Morgan fingerprint density at radius 3 is 2.95 bits per heavy atom. The maximum absolute atomic E-state index is 12.2. The van der Waals surface area contributed by atoms with Crippen LogP contribution in [0.2, 0.25) is 5.02 Å². The second-order valence-corrected chi connectivity index (χ2v) is 5.16. The van der Waals surface area contributed by atoms with Crippen LogP contribution in [0.1, 0.15) is 16.1 Å². The third-order valence-corrected chi connectivity index (χ3v) is 3.95. The number of hydrogen-bond acceptors (Lipinski definition) is 3. The van der Waals surface area contributed by atoms with Gasteiger partial charge in [-0.25, -0.2) is 0 Å². The highest BCUT2D eigenvalue weighted by Crippen LogP contribution is 2.30. The maximum Gasteiger partial charge on any atom is 0.257 e. The van der Waals surface area contributed by atoms with E-state index in [2.05, 4.69) is 26.2 Å². The minimum Gasteiger partial charge on any atom is -0.397 e. The van der Waals surface area contributed by atoms with E-state index in [4.69, 9.17) is 17.3 Å². The molecule has 0 bridgehead atoms. The molecule has 98 valence electrons. The number of nitrogens with zero attached hydrogens (tertiary/aromatic N) is 1. The standard InChI is InChI=1S/C13H11BrClN3O/c1-7-9(5-8(16)6-17-7)13(19)18-11-4-2-3-10(15)12(11)14/h2-6H,16H2,1H3,(H,18,19). The number of hydrogen-bond donors (Lipinski definition) is 2. The summed E-state index contributed by atoms with van der Waals surface area (Å²) in [6.45, 7) is 1.75. The summed E-state index contributed by atoms with van der Waals surface area (Å²) in [4.78, 5) is 16.2. The Balaban J connectivity index is 2.31. The van der Waals surface area contributed by atoms with Crippen molar-refractivity contribution in [3.8, 4) is 0 Å². The monoisotopic (exact) mass is 339 g/mol. The Bertz CT molecular complexity index is 646. The highest BCUT2D eigenvalue weighted by atomic mass is 79.9. The molecule has 0 aliphatic carbocycles. The van der Waals surface area contributed by atoms with Gasteiger partial charge >= 0.3 is 0 Å². The lowest BCUT2D eigenvalue weighted by Gasteiger charge is -2.10. The minimum absolute atomic E-state index is 0.278. The first-order valence-electron chi connectivity index (χ1n) is 5.46. The van der Waals surface area contributed by atoms with Gasteiger partial charge in [-0.15, -0.1) is 0 Å². The lowest BCUT2D eigenvalue weighted by molar-refractivity contribution is 0.102. The number of benzene rings is 1. The van der Waals surface area contributed by atoms with Crippen molar-refractivity contribution in [1.29, 1.82) is 0 Å². The van der Waals surface area contributed by atoms with Crippen LogP contribution < -0.4 is 11.1 Å². The fourth-order valence-corrected chi connectivity index (χ4v) is 2.11. The number of nitrogen functional groups attached to an aromatic ring is 1. The van der Waals surface area contributed by atoms with Crippen molar-refractivity contribution in [2.24, 2.45) is 0 Å². The van der Waals surface area contributed by atoms with Gasteiger partial charge in [0.1, 0.15) is 0 Å². The molecule has 1 aromatic heterocycles. The van der Waals surface area contributed by atoms with E-state index in [-0.39, 0.29) is 5.91 Å². The van der Waals surface area contributed by atoms with E-state index in [0.29, 0.717) is 32.1 Å². The van der Waals surface area contributed by atoms with Gasteiger partial charge in [-0.2, -0.15) is 0 Å². The number of aryl methyl sites for hydroxylation is 1. The summed E-state index contributed by atoms with van der Waals surface area (Å²) in [5.41, 5.74) is 7.73. The summed E-state index contributed by atoms with van der Waals surface area (Å²) in [5.74, 6) is -0.278. The van der Waals surface area contributed by atoms with E-state index in [1.807, 2.05) is 0 Å². The average molecular weight is 341 g/mol. The van der Waals surface area contributed by atoms with Gasteiger partial charge < -0.3 is 11.1 Å². The molecule has 0 saturated heterocycles. The Morgan fingerprint density at radius 1 is 1.47 bits per heavy atom. The van der Waals surface area contributed by atoms with Gasteiger partial charge in [0.05, 0.1) is 38.3 Å². The number of halogens is 2. The number of rotatable bonds is 2. The van der Waals surface area contributed by atoms with Crippen LogP contribution in [-0.4, -0.2) is 10.9 Å². The first kappa shape index (κ1) is 13.8. The molecule has 3 N–H and O–H groups in total. The van der Waals surface area contributed by atoms with Crippen molar-refractivity contribution in [2.75, 3.05) is 11.1 Å². The summed E-state index contributed by atoms with van der Waals surface area (Å²) >= 11 is 9.30. The van der Waals surface area contributed by atoms with E-state index >= 15 is 0 Å². The number of amides is 1. The highest BCUT2D eigenvalue weighted by molar-refractivity contribution is 9.10. The SMILES string of the molecule is Cc1ncc(N)cc1C(=O)Nc1cccc(Cl)c1Br. The van der Waals surface area contributed by atoms with Crippen LogP contribution in [0.15, 0.2) is 34.9 Å². The molecule has 0 unspecified atom stereocenters. The number of aromatic nitrogens is 1. The predicted molar refractivity (Wildman–Crippen MR) is 80.5 cm³/mol. The quantitative estimate of drug-likeness (QED) is 0.877. The topological polar surface area (TPSA) is 68.0 Å². The zero-order valence-corrected chi connectivity index (χ0v) is 12.4. The summed E-state index contributed by atoms with van der Waals surface area (Å²) < 4.78 is 0.638. The molecule has 4 nitrogen and oxygen atoms in total. The van der Waals surface area contributed by atoms with E-state index in [9.17, 15) is 4.79 Å². The van der Waals surface area contributed by atoms with Crippen molar-refractivity contribution in [2.45, 2.75) is 6.92 Å². The van der Waals surface area contributed by atoms with Crippen molar-refractivity contribution >= 4 is 44.8 Å². The third-order valence-electron chi connectivity index (χ3n) is 2.55. The number of nitrogens with one attached hydrogen (secondary N) is 1. The maximum atomic E-state index is 12.2. The van der Waals surface area contributed by atoms with Crippen LogP contribution in [0.4, 0.5) is 11.4 Å². The smallest absolute Gasteiger partial charge is 0.257 e. The lowest BCUT2D eigenvalue weighted by atomic mass is 10.1. The van der Waals surface area contributed by atoms with E-state index < -0.39 is 0 Å². The van der Waals surface area contributed by atoms with Crippen molar-refractivity contribution in [1.82, 2.24) is 4.98 Å². The second kappa shape index (κ2) is 5.59. The normalized spacial score (nSPS) is 10.3. The van der Waals surface area contributed by atoms with Gasteiger partial charge in [-0.1, -0.05) is 17.7 Å². The molecule has 0 atom stereocenters. The molecular weight excluding hydrogens is 330 g/mol. The van der Waals surface area contributed by atoms with Gasteiger partial charge in [-0.3, -0.25) is 9.78 Å². The molecule has 2 rings (SSSR count). The van der Waals surface area contributed by atoms with Crippen molar-refractivity contribution in [3.63, 3.8) is 0 Å². The third kappa shape index (κ3) is 3.05. The lowest BCUT2D eigenvalue weighted by Crippen LogP contribution is -2.15. The predicted octanol–water partition coefficient (Wildman–Crippen LogP) is 3.64. The number of carbonyl (C=O) groups is 1. The fraction of sp³-hybridized carbons (Fsp3) is 0.0769. The molecule has 0 saturated carbocycles. The largest absolute Gasteiger partial charge is 0.397 e. The van der Waals surface area contributed by atoms with E-state index in [1.165, 1.54) is 6.20 Å². The number of anilines is 2. The van der Waals surface area contributed by atoms with Gasteiger partial charge in [0.25, 0.3) is 5.91 Å². The van der Waals surface area contributed by atoms with Crippen LogP contribution in [0.5, 0.6) is 0 Å². The number of carbonyl (C=O) groups excluding carboxylic acids is 1. The van der Waals surface area contributed by atoms with E-state index in [1.54, 1.807) is 31.2 Å². The Hall–Kier alpha value is -1.59. The van der Waals surface area contributed by atoms with Crippen LogP contribution >= 0.6 is 27.5 Å². The second-order valence-electron chi connectivity index (χ2n) is 3.96. The average Bonchev–Trinajstić information content (AvgIpc) is 2.38. The number of pyridine rings is 1. The van der Waals surface area contributed by atoms with Crippen molar-refractivity contribution in [3.05, 3.63) is 51.2 Å². The molecule has 0 fully saturated rings. The zero-order chi connectivity index (χ0) is 14.0. The first-order valence-corrected chi connectivity index (χ1v) is 6.63. The molecular formula is C13H11BrClN3O. The molecule has 1 heterocycles. The summed E-state index contributed by atoms with van der Waals surface area (Å²) in [6, 6.07) is 6.83. The van der Waals surface area contributed by atoms with Gasteiger partial charge in [0.2, 0.25) is 0 Å². The van der Waals surface area contributed by atoms with Crippen LogP contribution in [0.25, 0.3) is 0 Å². The van der Waals surface area contributed by atoms with Crippen LogP contribution in [-0.2, 0) is 0 Å². The molecule has 19 heavy (non-hydrogen) atoms. The van der Waals surface area contributed by atoms with Crippen molar-refractivity contribution < 1.29 is 4.79 Å². The van der Waals surface area contributed by atoms with Gasteiger partial charge in [0, 0.05) is 0 Å². The Labute approximate surface area is 124 Å². The molecule has 0 aliphatic rings. The minimum atomic E-state index is -0.278. The Kier molecular flexibility index (Phi) is 4.07. The number of nitrogens with two attached hydrogens (primary N) is 1. The van der Waals surface area contributed by atoms with E-state index in [0.717, 1.165) is 0 Å². The molecule has 2 aromatic rings. The fourth-order valence-electron chi connectivity index (χ4n) is 1.57.